The largest absolute Gasteiger partial charge is 0.573 e. The van der Waals surface area contributed by atoms with Crippen LogP contribution in [0.2, 0.25) is 0 Å². The zero-order valence-corrected chi connectivity index (χ0v) is 7.11. The monoisotopic (exact) mass is 190 g/mol. The van der Waals surface area contributed by atoms with Crippen LogP contribution in [0, 0.1) is 0 Å². The van der Waals surface area contributed by atoms with Gasteiger partial charge in [0.25, 0.3) is 0 Å². The number of alkyl halides is 3. The van der Waals surface area contributed by atoms with E-state index in [2.05, 4.69) is 10.5 Å². The van der Waals surface area contributed by atoms with Crippen molar-refractivity contribution >= 4 is 0 Å². The van der Waals surface area contributed by atoms with Gasteiger partial charge in [-0.25, -0.2) is 0 Å². The van der Waals surface area contributed by atoms with Gasteiger partial charge < -0.3 is 4.74 Å². The van der Waals surface area contributed by atoms with Crippen molar-refractivity contribution in [1.82, 2.24) is 0 Å². The molecule has 0 aromatic heterocycles. The number of halogens is 3. The van der Waals surface area contributed by atoms with E-state index < -0.39 is 6.36 Å². The van der Waals surface area contributed by atoms with Crippen molar-refractivity contribution in [3.8, 4) is 0 Å². The maximum absolute atomic E-state index is 11.7. The van der Waals surface area contributed by atoms with Crippen LogP contribution < -0.4 is 0 Å². The number of allylic oxidation sites excluding steroid dienone is 2. The maximum atomic E-state index is 11.7. The standard InChI is InChI=1S/C9H9F3O/c1-2-7-4-3-5-8(6-7)13-9(10,11)12/h3,5H,2,4H2,1H3. The Hall–Kier alpha value is -1.15. The first kappa shape index (κ1) is 9.93. The van der Waals surface area contributed by atoms with Gasteiger partial charge in [-0.1, -0.05) is 18.7 Å². The minimum atomic E-state index is -4.62. The summed E-state index contributed by atoms with van der Waals surface area (Å²) in [6.45, 7) is 1.87. The highest BCUT2D eigenvalue weighted by molar-refractivity contribution is 5.23. The predicted octanol–water partition coefficient (Wildman–Crippen LogP) is 3.30. The summed E-state index contributed by atoms with van der Waals surface area (Å²) in [5.41, 5.74) is 3.39. The van der Waals surface area contributed by atoms with Crippen molar-refractivity contribution in [3.05, 3.63) is 29.2 Å². The van der Waals surface area contributed by atoms with Crippen LogP contribution in [-0.2, 0) is 4.74 Å². The highest BCUT2D eigenvalue weighted by atomic mass is 19.4. The summed E-state index contributed by atoms with van der Waals surface area (Å²) in [5.74, 6) is -0.254. The molecule has 0 aliphatic heterocycles. The molecule has 72 valence electrons. The molecule has 1 nitrogen and oxygen atoms in total. The third-order valence-electron chi connectivity index (χ3n) is 1.59. The smallest absolute Gasteiger partial charge is 0.398 e. The van der Waals surface area contributed by atoms with Gasteiger partial charge in [0.1, 0.15) is 0 Å². The van der Waals surface area contributed by atoms with E-state index in [1.807, 2.05) is 6.92 Å². The first-order valence-electron chi connectivity index (χ1n) is 3.92. The molecule has 0 N–H and O–H groups in total. The first-order chi connectivity index (χ1) is 6.01. The Morgan fingerprint density at radius 3 is 2.77 bits per heavy atom. The third-order valence-corrected chi connectivity index (χ3v) is 1.59. The minimum absolute atomic E-state index is 0.254. The fourth-order valence-corrected chi connectivity index (χ4v) is 0.992. The minimum Gasteiger partial charge on any atom is -0.398 e. The molecule has 1 aliphatic rings. The van der Waals surface area contributed by atoms with Gasteiger partial charge in [-0.3, -0.25) is 0 Å². The molecule has 0 unspecified atom stereocenters. The average molecular weight is 190 g/mol. The van der Waals surface area contributed by atoms with Crippen molar-refractivity contribution in [1.29, 1.82) is 0 Å². The molecule has 0 heterocycles. The van der Waals surface area contributed by atoms with Gasteiger partial charge in [0.15, 0.2) is 5.76 Å². The van der Waals surface area contributed by atoms with Crippen LogP contribution in [0.3, 0.4) is 0 Å². The molecule has 1 rings (SSSR count). The quantitative estimate of drug-likeness (QED) is 0.607. The summed E-state index contributed by atoms with van der Waals surface area (Å²) < 4.78 is 38.9. The SMILES string of the molecule is CCC1=C=C(OC(F)(F)F)C=CC1. The van der Waals surface area contributed by atoms with E-state index in [4.69, 9.17) is 0 Å². The first-order valence-corrected chi connectivity index (χ1v) is 3.92. The molecule has 0 bridgehead atoms. The van der Waals surface area contributed by atoms with Gasteiger partial charge >= 0.3 is 6.36 Å². The van der Waals surface area contributed by atoms with E-state index in [9.17, 15) is 13.2 Å². The topological polar surface area (TPSA) is 9.23 Å². The van der Waals surface area contributed by atoms with E-state index in [-0.39, 0.29) is 5.76 Å². The molecule has 0 radical (unpaired) electrons. The summed E-state index contributed by atoms with van der Waals surface area (Å²) in [6.07, 6.45) is -0.359. The van der Waals surface area contributed by atoms with Crippen LogP contribution in [0.25, 0.3) is 0 Å². The molecule has 0 saturated carbocycles. The van der Waals surface area contributed by atoms with Gasteiger partial charge in [0, 0.05) is 0 Å². The van der Waals surface area contributed by atoms with Crippen molar-refractivity contribution in [2.24, 2.45) is 0 Å². The summed E-state index contributed by atoms with van der Waals surface area (Å²) in [6, 6.07) is 0. The van der Waals surface area contributed by atoms with E-state index >= 15 is 0 Å². The van der Waals surface area contributed by atoms with E-state index in [1.54, 1.807) is 6.08 Å². The van der Waals surface area contributed by atoms with Gasteiger partial charge in [-0.2, -0.15) is 0 Å². The molecular formula is C9H9F3O. The maximum Gasteiger partial charge on any atom is 0.573 e. The lowest BCUT2D eigenvalue weighted by Gasteiger charge is -2.10. The number of hydrogen-bond acceptors (Lipinski definition) is 1. The fourth-order valence-electron chi connectivity index (χ4n) is 0.992. The zero-order valence-electron chi connectivity index (χ0n) is 7.11. The molecule has 0 spiro atoms. The summed E-state index contributed by atoms with van der Waals surface area (Å²) >= 11 is 0. The normalized spacial score (nSPS) is 16.6. The molecule has 13 heavy (non-hydrogen) atoms. The van der Waals surface area contributed by atoms with Crippen molar-refractivity contribution in [2.45, 2.75) is 26.1 Å². The molecular weight excluding hydrogens is 181 g/mol. The summed E-state index contributed by atoms with van der Waals surface area (Å²) in [7, 11) is 0. The molecule has 0 aromatic rings. The Kier molecular flexibility index (Phi) is 2.83. The van der Waals surface area contributed by atoms with Gasteiger partial charge in [0.2, 0.25) is 0 Å². The summed E-state index contributed by atoms with van der Waals surface area (Å²) in [5, 5.41) is 0. The van der Waals surface area contributed by atoms with Crippen molar-refractivity contribution in [3.63, 3.8) is 0 Å². The number of ether oxygens (including phenoxy) is 1. The fraction of sp³-hybridized carbons (Fsp3) is 0.444. The Balaban J connectivity index is 2.79. The van der Waals surface area contributed by atoms with Gasteiger partial charge in [-0.15, -0.1) is 13.2 Å². The van der Waals surface area contributed by atoms with Crippen molar-refractivity contribution in [2.75, 3.05) is 0 Å². The third kappa shape index (κ3) is 3.38. The second-order valence-electron chi connectivity index (χ2n) is 2.60. The Morgan fingerprint density at radius 2 is 2.23 bits per heavy atom. The second-order valence-corrected chi connectivity index (χ2v) is 2.60. The second kappa shape index (κ2) is 3.71. The van der Waals surface area contributed by atoms with Crippen LogP contribution in [-0.4, -0.2) is 6.36 Å². The van der Waals surface area contributed by atoms with Crippen LogP contribution in [0.1, 0.15) is 19.8 Å². The lowest BCUT2D eigenvalue weighted by atomic mass is 10.1. The highest BCUT2D eigenvalue weighted by Gasteiger charge is 2.31. The lowest BCUT2D eigenvalue weighted by Crippen LogP contribution is -2.12. The van der Waals surface area contributed by atoms with Crippen molar-refractivity contribution < 1.29 is 17.9 Å². The Labute approximate surface area is 74.2 Å². The highest BCUT2D eigenvalue weighted by Crippen LogP contribution is 2.23. The lowest BCUT2D eigenvalue weighted by molar-refractivity contribution is -0.303. The molecule has 0 atom stereocenters. The van der Waals surface area contributed by atoms with Crippen LogP contribution in [0.5, 0.6) is 0 Å². The molecule has 0 fully saturated rings. The van der Waals surface area contributed by atoms with Crippen LogP contribution in [0.15, 0.2) is 29.2 Å². The predicted molar refractivity (Wildman–Crippen MR) is 41.7 cm³/mol. The van der Waals surface area contributed by atoms with Gasteiger partial charge in [0.05, 0.1) is 0 Å². The van der Waals surface area contributed by atoms with Crippen LogP contribution >= 0.6 is 0 Å². The van der Waals surface area contributed by atoms with Crippen LogP contribution in [0.4, 0.5) is 13.2 Å². The Morgan fingerprint density at radius 1 is 1.54 bits per heavy atom. The number of rotatable bonds is 2. The van der Waals surface area contributed by atoms with Gasteiger partial charge in [-0.05, 0) is 24.5 Å². The summed E-state index contributed by atoms with van der Waals surface area (Å²) in [4.78, 5) is 0. The Bertz CT molecular complexity index is 280. The molecule has 1 aliphatic carbocycles. The molecule has 0 amide bonds. The average Bonchev–Trinajstić information content (AvgIpc) is 2.01. The zero-order chi connectivity index (χ0) is 9.90. The number of hydrogen-bond donors (Lipinski definition) is 0. The molecule has 0 aromatic carbocycles. The van der Waals surface area contributed by atoms with E-state index in [1.165, 1.54) is 6.08 Å². The van der Waals surface area contributed by atoms with E-state index in [0.29, 0.717) is 12.8 Å². The van der Waals surface area contributed by atoms with E-state index in [0.717, 1.165) is 5.57 Å². The molecule has 4 heteroatoms. The molecule has 0 saturated heterocycles.